The summed E-state index contributed by atoms with van der Waals surface area (Å²) >= 11 is 4.79. The van der Waals surface area contributed by atoms with Crippen LogP contribution in [-0.2, 0) is 11.3 Å². The summed E-state index contributed by atoms with van der Waals surface area (Å²) in [4.78, 5) is 11.1. The zero-order valence-electron chi connectivity index (χ0n) is 9.23. The van der Waals surface area contributed by atoms with Gasteiger partial charge in [0, 0.05) is 11.7 Å². The summed E-state index contributed by atoms with van der Waals surface area (Å²) in [7, 11) is 0. The third-order valence-electron chi connectivity index (χ3n) is 2.36. The van der Waals surface area contributed by atoms with Gasteiger partial charge in [-0.05, 0) is 17.3 Å². The molecule has 0 atom stereocenters. The molecule has 1 saturated carbocycles. The minimum Gasteiger partial charge on any atom is -0.368 e. The second kappa shape index (κ2) is 5.22. The fourth-order valence-corrected chi connectivity index (χ4v) is 2.54. The van der Waals surface area contributed by atoms with Crippen molar-refractivity contribution in [3.05, 3.63) is 16.9 Å². The number of primary amides is 1. The lowest BCUT2D eigenvalue weighted by molar-refractivity contribution is -0.118. The average Bonchev–Trinajstić information content (AvgIpc) is 2.99. The van der Waals surface area contributed by atoms with E-state index in [9.17, 15) is 4.79 Å². The molecule has 1 fully saturated rings. The Morgan fingerprint density at radius 2 is 2.29 bits per heavy atom. The van der Waals surface area contributed by atoms with Crippen LogP contribution in [0.1, 0.15) is 24.6 Å². The molecule has 1 aromatic heterocycles. The monoisotopic (exact) mass is 316 g/mol. The zero-order valence-corrected chi connectivity index (χ0v) is 11.6. The lowest BCUT2D eigenvalue weighted by Gasteiger charge is -2.06. The number of thioether (sulfide) groups is 1. The Kier molecular flexibility index (Phi) is 3.88. The van der Waals surface area contributed by atoms with Crippen LogP contribution in [0.5, 0.6) is 0 Å². The van der Waals surface area contributed by atoms with E-state index in [0.29, 0.717) is 11.7 Å². The standard InChI is InChI=1S/C10H13BrN4OS/c1-6(11)5-17-10-14-13-9(7-2-3-7)15(10)4-8(12)16/h7H,1-5H2,(H2,12,16). The third-order valence-corrected chi connectivity index (χ3v) is 4.06. The maximum absolute atomic E-state index is 11.1. The number of carbonyl (C=O) groups excluding carboxylic acids is 1. The highest BCUT2D eigenvalue weighted by Gasteiger charge is 2.30. The van der Waals surface area contributed by atoms with Crippen LogP contribution in [0.3, 0.4) is 0 Å². The molecule has 0 spiro atoms. The van der Waals surface area contributed by atoms with Gasteiger partial charge in [0.15, 0.2) is 5.16 Å². The molecule has 0 saturated heterocycles. The van der Waals surface area contributed by atoms with Crippen LogP contribution in [-0.4, -0.2) is 26.4 Å². The van der Waals surface area contributed by atoms with Gasteiger partial charge in [-0.25, -0.2) is 0 Å². The molecule has 1 aromatic rings. The molecule has 0 bridgehead atoms. The highest BCUT2D eigenvalue weighted by Crippen LogP contribution is 2.40. The molecule has 0 aromatic carbocycles. The lowest BCUT2D eigenvalue weighted by Crippen LogP contribution is -2.20. The quantitative estimate of drug-likeness (QED) is 0.810. The maximum Gasteiger partial charge on any atom is 0.237 e. The molecule has 1 aliphatic rings. The van der Waals surface area contributed by atoms with Gasteiger partial charge in [-0.2, -0.15) is 0 Å². The zero-order chi connectivity index (χ0) is 12.4. The minimum absolute atomic E-state index is 0.149. The number of hydrogen-bond acceptors (Lipinski definition) is 4. The molecule has 5 nitrogen and oxygen atoms in total. The summed E-state index contributed by atoms with van der Waals surface area (Å²) in [6.07, 6.45) is 2.24. The van der Waals surface area contributed by atoms with E-state index in [0.717, 1.165) is 28.3 Å². The predicted octanol–water partition coefficient (Wildman–Crippen LogP) is 1.64. The Labute approximate surface area is 112 Å². The Hall–Kier alpha value is -0.820. The van der Waals surface area contributed by atoms with Crippen LogP contribution < -0.4 is 5.73 Å². The fourth-order valence-electron chi connectivity index (χ4n) is 1.50. The van der Waals surface area contributed by atoms with Crippen molar-refractivity contribution in [2.24, 2.45) is 5.73 Å². The molecule has 92 valence electrons. The lowest BCUT2D eigenvalue weighted by atomic mass is 10.4. The van der Waals surface area contributed by atoms with E-state index in [1.165, 1.54) is 11.8 Å². The molecule has 0 aliphatic heterocycles. The number of halogens is 1. The second-order valence-corrected chi connectivity index (χ2v) is 6.04. The second-order valence-electron chi connectivity index (χ2n) is 3.97. The van der Waals surface area contributed by atoms with Gasteiger partial charge in [-0.15, -0.1) is 10.2 Å². The molecule has 0 radical (unpaired) electrons. The van der Waals surface area contributed by atoms with Crippen LogP contribution in [0.25, 0.3) is 0 Å². The van der Waals surface area contributed by atoms with Crippen molar-refractivity contribution in [1.82, 2.24) is 14.8 Å². The van der Waals surface area contributed by atoms with Crippen molar-refractivity contribution in [1.29, 1.82) is 0 Å². The number of hydrogen-bond donors (Lipinski definition) is 1. The molecule has 1 heterocycles. The van der Waals surface area contributed by atoms with E-state index in [-0.39, 0.29) is 12.5 Å². The van der Waals surface area contributed by atoms with Crippen LogP contribution in [0.4, 0.5) is 0 Å². The van der Waals surface area contributed by atoms with E-state index in [1.54, 1.807) is 0 Å². The number of aromatic nitrogens is 3. The van der Waals surface area contributed by atoms with Gasteiger partial charge in [-0.3, -0.25) is 9.36 Å². The molecule has 2 N–H and O–H groups in total. The van der Waals surface area contributed by atoms with Crippen molar-refractivity contribution >= 4 is 33.6 Å². The van der Waals surface area contributed by atoms with Crippen molar-refractivity contribution < 1.29 is 4.79 Å². The molecular weight excluding hydrogens is 304 g/mol. The first-order chi connectivity index (χ1) is 8.08. The molecule has 1 amide bonds. The largest absolute Gasteiger partial charge is 0.368 e. The van der Waals surface area contributed by atoms with E-state index in [1.807, 2.05) is 4.57 Å². The van der Waals surface area contributed by atoms with Crippen molar-refractivity contribution in [3.63, 3.8) is 0 Å². The summed E-state index contributed by atoms with van der Waals surface area (Å²) in [6, 6.07) is 0. The Bertz CT molecular complexity index is 455. The first-order valence-electron chi connectivity index (χ1n) is 5.25. The van der Waals surface area contributed by atoms with Gasteiger partial charge in [-0.1, -0.05) is 34.3 Å². The van der Waals surface area contributed by atoms with E-state index in [4.69, 9.17) is 5.73 Å². The average molecular weight is 317 g/mol. The minimum atomic E-state index is -0.369. The van der Waals surface area contributed by atoms with Crippen LogP contribution in [0, 0.1) is 0 Å². The summed E-state index contributed by atoms with van der Waals surface area (Å²) in [5.74, 6) is 1.66. The molecule has 7 heteroatoms. The van der Waals surface area contributed by atoms with E-state index >= 15 is 0 Å². The SMILES string of the molecule is C=C(Br)CSc1nnc(C2CC2)n1CC(N)=O. The number of nitrogens with zero attached hydrogens (tertiary/aromatic N) is 3. The summed E-state index contributed by atoms with van der Waals surface area (Å²) < 4.78 is 2.70. The Morgan fingerprint density at radius 1 is 1.59 bits per heavy atom. The fraction of sp³-hybridized carbons (Fsp3) is 0.500. The van der Waals surface area contributed by atoms with Gasteiger partial charge in [0.25, 0.3) is 0 Å². The Morgan fingerprint density at radius 3 is 2.82 bits per heavy atom. The predicted molar refractivity (Wildman–Crippen MR) is 70.0 cm³/mol. The maximum atomic E-state index is 11.1. The van der Waals surface area contributed by atoms with Crippen LogP contribution in [0.15, 0.2) is 16.2 Å². The number of carbonyl (C=O) groups is 1. The Balaban J connectivity index is 2.18. The smallest absolute Gasteiger partial charge is 0.237 e. The summed E-state index contributed by atoms with van der Waals surface area (Å²) in [6.45, 7) is 3.91. The normalized spacial score (nSPS) is 14.9. The molecule has 1 aliphatic carbocycles. The number of amides is 1. The van der Waals surface area contributed by atoms with Crippen molar-refractivity contribution in [2.45, 2.75) is 30.5 Å². The van der Waals surface area contributed by atoms with Crippen LogP contribution >= 0.6 is 27.7 Å². The van der Waals surface area contributed by atoms with Gasteiger partial charge in [0.2, 0.25) is 5.91 Å². The third kappa shape index (κ3) is 3.32. The molecule has 17 heavy (non-hydrogen) atoms. The molecule has 2 rings (SSSR count). The van der Waals surface area contributed by atoms with Gasteiger partial charge >= 0.3 is 0 Å². The van der Waals surface area contributed by atoms with Crippen molar-refractivity contribution in [2.75, 3.05) is 5.75 Å². The van der Waals surface area contributed by atoms with E-state index < -0.39 is 0 Å². The van der Waals surface area contributed by atoms with Crippen molar-refractivity contribution in [3.8, 4) is 0 Å². The first-order valence-corrected chi connectivity index (χ1v) is 7.03. The van der Waals surface area contributed by atoms with Gasteiger partial charge in [0.1, 0.15) is 12.4 Å². The van der Waals surface area contributed by atoms with Gasteiger partial charge < -0.3 is 5.73 Å². The summed E-state index contributed by atoms with van der Waals surface area (Å²) in [5.41, 5.74) is 5.25. The topological polar surface area (TPSA) is 73.8 Å². The number of nitrogens with two attached hydrogens (primary N) is 1. The highest BCUT2D eigenvalue weighted by atomic mass is 79.9. The molecular formula is C10H13BrN4OS. The van der Waals surface area contributed by atoms with E-state index in [2.05, 4.69) is 32.7 Å². The van der Waals surface area contributed by atoms with Gasteiger partial charge in [0.05, 0.1) is 0 Å². The number of rotatable bonds is 6. The highest BCUT2D eigenvalue weighted by molar-refractivity contribution is 9.11. The van der Waals surface area contributed by atoms with Crippen LogP contribution in [0.2, 0.25) is 0 Å². The molecule has 0 unspecified atom stereocenters. The summed E-state index contributed by atoms with van der Waals surface area (Å²) in [5, 5.41) is 8.99. The first kappa shape index (κ1) is 12.6.